The van der Waals surface area contributed by atoms with Gasteiger partial charge in [-0.15, -0.1) is 13.2 Å². The molecule has 32 heavy (non-hydrogen) atoms. The molecule has 0 saturated carbocycles. The number of alkyl halides is 3. The molecule has 0 aliphatic heterocycles. The number of halogens is 3. The largest absolute Gasteiger partial charge is 0.573 e. The first-order valence-corrected chi connectivity index (χ1v) is 9.84. The van der Waals surface area contributed by atoms with Gasteiger partial charge in [0.2, 0.25) is 0 Å². The molecule has 0 atom stereocenters. The molecule has 0 aliphatic carbocycles. The number of aromatic nitrogens is 2. The van der Waals surface area contributed by atoms with Gasteiger partial charge in [0, 0.05) is 30.9 Å². The maximum Gasteiger partial charge on any atom is 0.573 e. The maximum absolute atomic E-state index is 12.7. The normalized spacial score (nSPS) is 11.2. The van der Waals surface area contributed by atoms with E-state index in [0.29, 0.717) is 29.7 Å². The van der Waals surface area contributed by atoms with Gasteiger partial charge >= 0.3 is 6.36 Å². The summed E-state index contributed by atoms with van der Waals surface area (Å²) in [6.07, 6.45) is -0.501. The van der Waals surface area contributed by atoms with Crippen molar-refractivity contribution in [3.63, 3.8) is 0 Å². The highest BCUT2D eigenvalue weighted by atomic mass is 19.4. The van der Waals surface area contributed by atoms with Crippen LogP contribution in [-0.4, -0.2) is 15.9 Å². The Morgan fingerprint density at radius 2 is 1.59 bits per heavy atom. The van der Waals surface area contributed by atoms with Gasteiger partial charge in [0.1, 0.15) is 11.6 Å². The molecular weight excluding hydrogens is 415 g/mol. The zero-order valence-electron chi connectivity index (χ0n) is 16.9. The van der Waals surface area contributed by atoms with Crippen LogP contribution in [0.3, 0.4) is 0 Å². The Labute approximate surface area is 183 Å². The Bertz CT molecular complexity index is 1240. The summed E-state index contributed by atoms with van der Waals surface area (Å²) in [5.41, 5.74) is 3.66. The third-order valence-corrected chi connectivity index (χ3v) is 4.98. The topological polar surface area (TPSA) is 50.8 Å². The van der Waals surface area contributed by atoms with Gasteiger partial charge in [-0.05, 0) is 34.9 Å². The Kier molecular flexibility index (Phi) is 5.95. The third-order valence-electron chi connectivity index (χ3n) is 4.98. The molecule has 1 aromatic heterocycles. The Morgan fingerprint density at radius 1 is 0.906 bits per heavy atom. The van der Waals surface area contributed by atoms with Crippen LogP contribution in [0, 0.1) is 11.3 Å². The van der Waals surface area contributed by atoms with E-state index in [0.717, 1.165) is 17.0 Å². The number of nitriles is 1. The van der Waals surface area contributed by atoms with Gasteiger partial charge in [-0.3, -0.25) is 0 Å². The highest BCUT2D eigenvalue weighted by Gasteiger charge is 2.32. The van der Waals surface area contributed by atoms with Crippen LogP contribution < -0.4 is 4.74 Å². The van der Waals surface area contributed by atoms with E-state index in [4.69, 9.17) is 5.26 Å². The van der Waals surface area contributed by atoms with Crippen LogP contribution in [0.4, 0.5) is 13.2 Å². The SMILES string of the molecule is N#Cc1ccc(Cc2nccn2Cc2ccc(-c3ccccc3OC(F)(F)F)cc2)cc1. The summed E-state index contributed by atoms with van der Waals surface area (Å²) in [5, 5.41) is 8.93. The number of imidazole rings is 1. The summed E-state index contributed by atoms with van der Waals surface area (Å²) < 4.78 is 44.3. The van der Waals surface area contributed by atoms with Gasteiger partial charge in [-0.2, -0.15) is 5.26 Å². The molecular formula is C25H18F3N3O. The Hall–Kier alpha value is -4.05. The summed E-state index contributed by atoms with van der Waals surface area (Å²) in [7, 11) is 0. The van der Waals surface area contributed by atoms with Gasteiger partial charge < -0.3 is 9.30 Å². The smallest absolute Gasteiger partial charge is 0.405 e. The van der Waals surface area contributed by atoms with Crippen LogP contribution >= 0.6 is 0 Å². The van der Waals surface area contributed by atoms with E-state index in [1.807, 2.05) is 35.0 Å². The molecule has 0 spiro atoms. The molecule has 160 valence electrons. The second kappa shape index (κ2) is 8.98. The fourth-order valence-electron chi connectivity index (χ4n) is 3.44. The Morgan fingerprint density at radius 3 is 2.28 bits per heavy atom. The van der Waals surface area contributed by atoms with Crippen LogP contribution in [0.1, 0.15) is 22.5 Å². The molecule has 4 nitrogen and oxygen atoms in total. The van der Waals surface area contributed by atoms with Gasteiger partial charge in [0.05, 0.1) is 11.6 Å². The lowest BCUT2D eigenvalue weighted by Crippen LogP contribution is -2.17. The van der Waals surface area contributed by atoms with E-state index in [9.17, 15) is 13.2 Å². The molecule has 7 heteroatoms. The molecule has 4 rings (SSSR count). The van der Waals surface area contributed by atoms with Crippen molar-refractivity contribution in [1.82, 2.24) is 9.55 Å². The summed E-state index contributed by atoms with van der Waals surface area (Å²) in [6.45, 7) is 0.576. The van der Waals surface area contributed by atoms with Crippen LogP contribution in [0.2, 0.25) is 0 Å². The Balaban J connectivity index is 1.50. The summed E-state index contributed by atoms with van der Waals surface area (Å²) in [5.74, 6) is 0.648. The highest BCUT2D eigenvalue weighted by molar-refractivity contribution is 5.70. The van der Waals surface area contributed by atoms with Gasteiger partial charge in [0.15, 0.2) is 0 Å². The minimum Gasteiger partial charge on any atom is -0.405 e. The van der Waals surface area contributed by atoms with Crippen molar-refractivity contribution in [1.29, 1.82) is 5.26 Å². The molecule has 0 radical (unpaired) electrons. The standard InChI is InChI=1S/C25H18F3N3O/c26-25(27,28)32-23-4-2-1-3-22(23)21-11-9-20(10-12-21)17-31-14-13-30-24(31)15-18-5-7-19(16-29)8-6-18/h1-14H,15,17H2. The second-order valence-electron chi connectivity index (χ2n) is 7.20. The van der Waals surface area contributed by atoms with Crippen LogP contribution in [-0.2, 0) is 13.0 Å². The van der Waals surface area contributed by atoms with Crippen LogP contribution in [0.15, 0.2) is 85.2 Å². The molecule has 0 amide bonds. The zero-order valence-corrected chi connectivity index (χ0v) is 16.9. The van der Waals surface area contributed by atoms with Crippen LogP contribution in [0.5, 0.6) is 5.75 Å². The number of para-hydroxylation sites is 1. The number of ether oxygens (including phenoxy) is 1. The molecule has 0 aliphatic rings. The first kappa shape index (κ1) is 21.2. The van der Waals surface area contributed by atoms with Crippen LogP contribution in [0.25, 0.3) is 11.1 Å². The predicted molar refractivity (Wildman–Crippen MR) is 114 cm³/mol. The molecule has 0 fully saturated rings. The number of hydrogen-bond donors (Lipinski definition) is 0. The van der Waals surface area contributed by atoms with E-state index >= 15 is 0 Å². The zero-order chi connectivity index (χ0) is 22.6. The summed E-state index contributed by atoms with van der Waals surface area (Å²) >= 11 is 0. The predicted octanol–water partition coefficient (Wildman–Crippen LogP) is 5.96. The molecule has 4 aromatic rings. The van der Waals surface area contributed by atoms with Crippen molar-refractivity contribution < 1.29 is 17.9 Å². The summed E-state index contributed by atoms with van der Waals surface area (Å²) in [6, 6.07) is 22.9. The van der Waals surface area contributed by atoms with Crippen molar-refractivity contribution >= 4 is 0 Å². The second-order valence-corrected chi connectivity index (χ2v) is 7.20. The lowest BCUT2D eigenvalue weighted by Gasteiger charge is -2.14. The van der Waals surface area contributed by atoms with Crippen molar-refractivity contribution in [3.8, 4) is 22.9 Å². The fourth-order valence-corrected chi connectivity index (χ4v) is 3.44. The van der Waals surface area contributed by atoms with Gasteiger partial charge in [-0.1, -0.05) is 54.6 Å². The number of benzene rings is 3. The molecule has 0 N–H and O–H groups in total. The van der Waals surface area contributed by atoms with Gasteiger partial charge in [0.25, 0.3) is 0 Å². The van der Waals surface area contributed by atoms with E-state index in [2.05, 4.69) is 15.8 Å². The van der Waals surface area contributed by atoms with Gasteiger partial charge in [-0.25, -0.2) is 4.98 Å². The lowest BCUT2D eigenvalue weighted by atomic mass is 10.0. The van der Waals surface area contributed by atoms with Crippen molar-refractivity contribution in [3.05, 3.63) is 108 Å². The highest BCUT2D eigenvalue weighted by Crippen LogP contribution is 2.33. The first-order valence-electron chi connectivity index (χ1n) is 9.84. The van der Waals surface area contributed by atoms with Crippen molar-refractivity contribution in [2.24, 2.45) is 0 Å². The average molecular weight is 433 g/mol. The average Bonchev–Trinajstić information content (AvgIpc) is 3.21. The minimum absolute atomic E-state index is 0.230. The molecule has 0 saturated heterocycles. The number of rotatable bonds is 6. The van der Waals surface area contributed by atoms with E-state index in [1.54, 1.807) is 42.6 Å². The molecule has 3 aromatic carbocycles. The third kappa shape index (κ3) is 5.16. The number of hydrogen-bond acceptors (Lipinski definition) is 3. The number of nitrogens with zero attached hydrogens (tertiary/aromatic N) is 3. The molecule has 0 bridgehead atoms. The van der Waals surface area contributed by atoms with E-state index < -0.39 is 6.36 Å². The van der Waals surface area contributed by atoms with E-state index in [-0.39, 0.29) is 5.75 Å². The molecule has 1 heterocycles. The monoisotopic (exact) mass is 433 g/mol. The lowest BCUT2D eigenvalue weighted by molar-refractivity contribution is -0.274. The first-order chi connectivity index (χ1) is 15.4. The minimum atomic E-state index is -4.75. The summed E-state index contributed by atoms with van der Waals surface area (Å²) in [4.78, 5) is 4.44. The maximum atomic E-state index is 12.7. The van der Waals surface area contributed by atoms with E-state index in [1.165, 1.54) is 12.1 Å². The quantitative estimate of drug-likeness (QED) is 0.377. The van der Waals surface area contributed by atoms with Crippen molar-refractivity contribution in [2.45, 2.75) is 19.3 Å². The van der Waals surface area contributed by atoms with Crippen molar-refractivity contribution in [2.75, 3.05) is 0 Å². The molecule has 0 unspecified atom stereocenters. The fraction of sp³-hybridized carbons (Fsp3) is 0.120.